The number of anilines is 3. The number of rotatable bonds is 42. The maximum absolute atomic E-state index is 13.6. The Morgan fingerprint density at radius 1 is 0.348 bits per heavy atom. The number of benzene rings is 9. The normalized spacial score (nSPS) is 13.2. The van der Waals surface area contributed by atoms with E-state index in [0.29, 0.717) is 128 Å². The fourth-order valence-corrected chi connectivity index (χ4v) is 19.1. The number of nitrogens with one attached hydrogen (secondary N) is 3. The number of hydrogen-bond donors (Lipinski definition) is 6. The van der Waals surface area contributed by atoms with Gasteiger partial charge in [-0.1, -0.05) is 55.7 Å². The Balaban J connectivity index is 0.000000168. The number of halogens is 3. The summed E-state index contributed by atoms with van der Waals surface area (Å²) in [6.45, 7) is 2.12. The molecule has 3 aromatic heterocycles. The Morgan fingerprint density at radius 2 is 0.621 bits per heavy atom. The van der Waals surface area contributed by atoms with Gasteiger partial charge in [0.05, 0.1) is 82.4 Å². The summed E-state index contributed by atoms with van der Waals surface area (Å²) >= 11 is 0. The molecule has 3 saturated carbocycles. The summed E-state index contributed by atoms with van der Waals surface area (Å²) in [5, 5.41) is 36.8. The van der Waals surface area contributed by atoms with E-state index in [1.54, 1.807) is 91.0 Å². The Morgan fingerprint density at radius 3 is 0.932 bits per heavy atom. The molecule has 3 aliphatic carbocycles. The number of amides is 3. The first kappa shape index (κ1) is 96.9. The van der Waals surface area contributed by atoms with Crippen LogP contribution >= 0.6 is 0 Å². The molecule has 0 radical (unpaired) electrons. The van der Waals surface area contributed by atoms with E-state index >= 15 is 0 Å². The van der Waals surface area contributed by atoms with E-state index in [2.05, 4.69) is 16.0 Å². The van der Waals surface area contributed by atoms with E-state index in [-0.39, 0.29) is 83.4 Å². The zero-order valence-electron chi connectivity index (χ0n) is 74.2. The molecule has 3 heterocycles. The maximum Gasteiger partial charge on any atom is 0.335 e. The van der Waals surface area contributed by atoms with E-state index in [1.807, 2.05) is 42.5 Å². The van der Waals surface area contributed by atoms with E-state index in [1.165, 1.54) is 95.1 Å². The molecular weight excluding hydrogens is 1760 g/mol. The van der Waals surface area contributed by atoms with Crippen LogP contribution in [-0.2, 0) is 58.8 Å². The Kier molecular flexibility index (Phi) is 31.7. The van der Waals surface area contributed by atoms with E-state index in [0.717, 1.165) is 142 Å². The van der Waals surface area contributed by atoms with Gasteiger partial charge < -0.3 is 54.0 Å². The molecule has 0 aliphatic heterocycles. The van der Waals surface area contributed by atoms with Crippen LogP contribution in [0, 0.1) is 17.5 Å². The molecule has 0 unspecified atom stereocenters. The molecule has 3 fully saturated rings. The van der Waals surface area contributed by atoms with Crippen molar-refractivity contribution in [3.8, 4) is 34.0 Å². The van der Waals surface area contributed by atoms with Gasteiger partial charge >= 0.3 is 17.9 Å². The molecule has 0 saturated heterocycles. The average Bonchev–Trinajstić information content (AvgIpc) is 1.60. The highest BCUT2D eigenvalue weighted by Crippen LogP contribution is 2.52. The minimum Gasteiger partial charge on any atom is -0.478 e. The van der Waals surface area contributed by atoms with Crippen molar-refractivity contribution in [3.63, 3.8) is 0 Å². The van der Waals surface area contributed by atoms with Gasteiger partial charge in [-0.2, -0.15) is 0 Å². The maximum atomic E-state index is 13.6. The van der Waals surface area contributed by atoms with Crippen LogP contribution in [0.5, 0.6) is 0 Å². The van der Waals surface area contributed by atoms with Crippen molar-refractivity contribution in [2.45, 2.75) is 133 Å². The third-order valence-corrected chi connectivity index (χ3v) is 27.1. The molecule has 15 rings (SSSR count). The molecule has 12 aromatic rings. The first-order valence-corrected chi connectivity index (χ1v) is 49.5. The quantitative estimate of drug-likeness (QED) is 0.0194. The summed E-state index contributed by atoms with van der Waals surface area (Å²) in [5.74, 6) is -3.72. The van der Waals surface area contributed by atoms with Crippen molar-refractivity contribution in [2.75, 3.05) is 98.9 Å². The zero-order valence-corrected chi connectivity index (χ0v) is 76.7. The number of aromatic carboxylic acids is 3. The number of hydrogen-bond acceptors (Lipinski definition) is 17. The molecular formula is C100H107F3N6O20S3. The minimum absolute atomic E-state index is 0.106. The number of furan rings is 3. The molecule has 3 aliphatic rings. The highest BCUT2D eigenvalue weighted by atomic mass is 32.2. The summed E-state index contributed by atoms with van der Waals surface area (Å²) in [6.07, 6.45) is 18.7. The second kappa shape index (κ2) is 43.2. The van der Waals surface area contributed by atoms with Gasteiger partial charge in [-0.25, -0.2) is 52.8 Å². The second-order valence-electron chi connectivity index (χ2n) is 33.4. The van der Waals surface area contributed by atoms with Crippen LogP contribution < -0.4 is 28.9 Å². The third kappa shape index (κ3) is 24.6. The summed E-state index contributed by atoms with van der Waals surface area (Å²) in [4.78, 5) is 72.1. The molecule has 132 heavy (non-hydrogen) atoms. The number of sulfonamides is 3. The monoisotopic (exact) mass is 1860 g/mol. The highest BCUT2D eigenvalue weighted by Gasteiger charge is 2.38. The number of nitrogens with zero attached hydrogens (tertiary/aromatic N) is 3. The number of carboxylic acid groups (broad SMARTS) is 3. The summed E-state index contributed by atoms with van der Waals surface area (Å²) in [5.41, 5.74) is 11.8. The summed E-state index contributed by atoms with van der Waals surface area (Å²) < 4.78 is 154. The van der Waals surface area contributed by atoms with Gasteiger partial charge in [-0.05, 0) is 275 Å². The lowest BCUT2D eigenvalue weighted by molar-refractivity contribution is 0.0686. The van der Waals surface area contributed by atoms with Crippen molar-refractivity contribution in [1.82, 2.24) is 16.0 Å². The minimum atomic E-state index is -3.69. The topological polar surface area (TPSA) is 369 Å². The Bertz CT molecular complexity index is 5910. The zero-order chi connectivity index (χ0) is 94.3. The molecule has 0 atom stereocenters. The number of aryl methyl sites for hydroxylation is 3. The standard InChI is InChI=1S/C34H37FN2O6S.2C33H35FN2O7S/c1-36-33(38)31-28-20-27(23-13-14-23)29(21-30(28)43-32(31)24-15-17-26(35)18-16-24)37(44(2,41)42)19-7-5-3-4-6-8-22-9-11-25(12-10-22)34(39)40;1-35-32(37)30-27-19-26(22-10-11-22)28(20-29(27)43-31(30)23-12-14-25(34)15-13-23)36(44(2,40)41)16-4-18-42-17-3-5-21-6-8-24(9-7-21)33(38)39;1-35-32(37)30-27-19-26(22-10-11-22)28(20-29(27)43-31(30)23-12-14-25(34)15-13-23)36(44(2,40)41)16-18-42-17-4-3-5-21-6-8-24(9-7-21)33(38)39/h9-12,15-18,20-21,23H,3-8,13-14,19H2,1-2H3,(H,36,38)(H,39,40);2*6-9,12-15,19-20,22H,3-5,10-11,16-18H2,1-2H3,(H,35,37)(H,38,39). The fourth-order valence-electron chi connectivity index (χ4n) is 16.2. The number of carbonyl (C=O) groups is 6. The molecule has 696 valence electrons. The molecule has 26 nitrogen and oxygen atoms in total. The molecule has 9 aromatic carbocycles. The van der Waals surface area contributed by atoms with E-state index in [9.17, 15) is 67.2 Å². The van der Waals surface area contributed by atoms with E-state index in [4.69, 9.17) is 38.0 Å². The van der Waals surface area contributed by atoms with Crippen LogP contribution in [0.1, 0.15) is 210 Å². The molecule has 0 bridgehead atoms. The third-order valence-electron chi connectivity index (χ3n) is 23.5. The first-order valence-electron chi connectivity index (χ1n) is 44.0. The lowest BCUT2D eigenvalue weighted by atomic mass is 10.00. The fraction of sp³-hybridized carbons (Fsp3) is 0.340. The van der Waals surface area contributed by atoms with Crippen LogP contribution in [0.15, 0.2) is 195 Å². The van der Waals surface area contributed by atoms with Crippen LogP contribution in [0.2, 0.25) is 0 Å². The summed E-state index contributed by atoms with van der Waals surface area (Å²) in [6, 6.07) is 48.3. The van der Waals surface area contributed by atoms with Gasteiger partial charge in [0, 0.05) is 105 Å². The average molecular weight is 1870 g/mol. The van der Waals surface area contributed by atoms with Gasteiger partial charge in [0.15, 0.2) is 0 Å². The number of unbranched alkanes of at least 4 members (excludes halogenated alkanes) is 5. The molecule has 6 N–H and O–H groups in total. The van der Waals surface area contributed by atoms with Crippen molar-refractivity contribution in [2.24, 2.45) is 0 Å². The Hall–Kier alpha value is -12.6. The number of carboxylic acids is 3. The molecule has 0 spiro atoms. The van der Waals surface area contributed by atoms with Crippen molar-refractivity contribution < 1.29 is 105 Å². The lowest BCUT2D eigenvalue weighted by Gasteiger charge is -2.25. The van der Waals surface area contributed by atoms with Gasteiger partial charge in [0.25, 0.3) is 17.7 Å². The van der Waals surface area contributed by atoms with E-state index < -0.39 is 65.4 Å². The summed E-state index contributed by atoms with van der Waals surface area (Å²) in [7, 11) is -6.38. The largest absolute Gasteiger partial charge is 0.478 e. The first-order chi connectivity index (χ1) is 63.2. The molecule has 32 heteroatoms. The van der Waals surface area contributed by atoms with Gasteiger partial charge in [0.2, 0.25) is 30.1 Å². The smallest absolute Gasteiger partial charge is 0.335 e. The predicted octanol–water partition coefficient (Wildman–Crippen LogP) is 19.1. The number of carbonyl (C=O) groups excluding carboxylic acids is 3. The van der Waals surface area contributed by atoms with Crippen molar-refractivity contribution in [3.05, 3.63) is 266 Å². The van der Waals surface area contributed by atoms with Crippen LogP contribution in [0.25, 0.3) is 66.9 Å². The van der Waals surface area contributed by atoms with Gasteiger partial charge in [-0.15, -0.1) is 0 Å². The van der Waals surface area contributed by atoms with Crippen molar-refractivity contribution in [1.29, 1.82) is 0 Å². The predicted molar refractivity (Wildman–Crippen MR) is 502 cm³/mol. The van der Waals surface area contributed by atoms with Crippen LogP contribution in [0.4, 0.5) is 30.2 Å². The van der Waals surface area contributed by atoms with Crippen molar-refractivity contribution >= 4 is 116 Å². The van der Waals surface area contributed by atoms with Gasteiger partial charge in [-0.3, -0.25) is 27.3 Å². The van der Waals surface area contributed by atoms with Gasteiger partial charge in [0.1, 0.15) is 51.5 Å². The highest BCUT2D eigenvalue weighted by molar-refractivity contribution is 7.92. The van der Waals surface area contributed by atoms with Crippen LogP contribution in [0.3, 0.4) is 0 Å². The molecule has 3 amide bonds. The number of fused-ring (bicyclic) bond motifs is 3. The number of ether oxygens (including phenoxy) is 2. The SMILES string of the molecule is CNC(=O)c1c(-c2ccc(F)cc2)oc2cc(N(CCCCCCCc3ccc(C(=O)O)cc3)S(C)(=O)=O)c(C3CC3)cc12.CNC(=O)c1c(-c2ccc(F)cc2)oc2cc(N(CCCOCCCc3ccc(C(=O)O)cc3)S(C)(=O)=O)c(C3CC3)cc12.CNC(=O)c1c(-c2ccc(F)cc2)oc2cc(N(CCOCCCCc3ccc(C(=O)O)cc3)S(C)(=O)=O)c(C3CC3)cc12. The lowest BCUT2D eigenvalue weighted by Crippen LogP contribution is -2.34. The Labute approximate surface area is 764 Å². The van der Waals surface area contributed by atoms with Crippen LogP contribution in [-0.4, -0.2) is 162 Å². The second-order valence-corrected chi connectivity index (χ2v) is 39.1.